The van der Waals surface area contributed by atoms with Crippen LogP contribution in [0.5, 0.6) is 0 Å². The minimum absolute atomic E-state index is 0.123. The lowest BCUT2D eigenvalue weighted by atomic mass is 9.82. The molecule has 0 aliphatic heterocycles. The molecule has 0 aromatic carbocycles. The molecule has 110 valence electrons. The summed E-state index contributed by atoms with van der Waals surface area (Å²) in [5.74, 6) is 1.28. The van der Waals surface area contributed by atoms with E-state index < -0.39 is 11.7 Å². The summed E-state index contributed by atoms with van der Waals surface area (Å²) in [7, 11) is 0. The van der Waals surface area contributed by atoms with E-state index in [1.807, 2.05) is 20.8 Å². The van der Waals surface area contributed by atoms with Crippen molar-refractivity contribution < 1.29 is 14.3 Å². The topological polar surface area (TPSA) is 55.4 Å². The third kappa shape index (κ3) is 4.84. The van der Waals surface area contributed by atoms with Gasteiger partial charge in [0.25, 0.3) is 0 Å². The van der Waals surface area contributed by atoms with Crippen LogP contribution in [0.15, 0.2) is 0 Å². The number of nitrogens with one attached hydrogen (secondary N) is 1. The average Bonchev–Trinajstić information content (AvgIpc) is 2.29. The molecule has 0 bridgehead atoms. The standard InChI is InChI=1S/C15H27NO3/c1-9-7-12(17)8-13(11(3)10(9)2)16-14(18)19-15(4,5)6/h9-11,13H,7-8H2,1-6H3,(H,16,18)/t9?,10-,11-,13?/m1/s1. The van der Waals surface area contributed by atoms with E-state index in [-0.39, 0.29) is 17.7 Å². The predicted molar refractivity (Wildman–Crippen MR) is 74.9 cm³/mol. The third-order valence-corrected chi connectivity index (χ3v) is 4.06. The van der Waals surface area contributed by atoms with Gasteiger partial charge in [-0.3, -0.25) is 4.79 Å². The first-order valence-corrected chi connectivity index (χ1v) is 7.11. The van der Waals surface area contributed by atoms with Crippen molar-refractivity contribution in [3.8, 4) is 0 Å². The molecule has 1 fully saturated rings. The lowest BCUT2D eigenvalue weighted by molar-refractivity contribution is -0.119. The summed E-state index contributed by atoms with van der Waals surface area (Å²) in [6.07, 6.45) is 0.589. The number of rotatable bonds is 1. The summed E-state index contributed by atoms with van der Waals surface area (Å²) in [5, 5.41) is 2.86. The third-order valence-electron chi connectivity index (χ3n) is 4.06. The van der Waals surface area contributed by atoms with Crippen LogP contribution in [0.25, 0.3) is 0 Å². The van der Waals surface area contributed by atoms with E-state index in [4.69, 9.17) is 4.74 Å². The lowest BCUT2D eigenvalue weighted by Gasteiger charge is -2.30. The quantitative estimate of drug-likeness (QED) is 0.744. The molecule has 1 aliphatic carbocycles. The Balaban J connectivity index is 2.70. The van der Waals surface area contributed by atoms with Crippen LogP contribution < -0.4 is 5.32 Å². The highest BCUT2D eigenvalue weighted by Crippen LogP contribution is 2.31. The molecular formula is C15H27NO3. The fraction of sp³-hybridized carbons (Fsp3) is 0.867. The van der Waals surface area contributed by atoms with Crippen molar-refractivity contribution in [2.45, 2.75) is 66.0 Å². The van der Waals surface area contributed by atoms with Crippen LogP contribution >= 0.6 is 0 Å². The summed E-state index contributed by atoms with van der Waals surface area (Å²) in [4.78, 5) is 23.7. The van der Waals surface area contributed by atoms with E-state index in [2.05, 4.69) is 26.1 Å². The molecule has 0 saturated heterocycles. The van der Waals surface area contributed by atoms with Crippen LogP contribution in [0.3, 0.4) is 0 Å². The number of ketones is 1. The van der Waals surface area contributed by atoms with Crippen LogP contribution in [0.1, 0.15) is 54.4 Å². The second-order valence-corrected chi connectivity index (χ2v) is 6.90. The number of carbonyl (C=O) groups is 2. The molecule has 1 amide bonds. The Labute approximate surface area is 116 Å². The first-order chi connectivity index (χ1) is 8.60. The zero-order valence-corrected chi connectivity index (χ0v) is 12.9. The highest BCUT2D eigenvalue weighted by atomic mass is 16.6. The van der Waals surface area contributed by atoms with Gasteiger partial charge in [-0.05, 0) is 38.5 Å². The molecule has 4 heteroatoms. The number of alkyl carbamates (subject to hydrolysis) is 1. The monoisotopic (exact) mass is 269 g/mol. The first kappa shape index (κ1) is 16.0. The highest BCUT2D eigenvalue weighted by Gasteiger charge is 2.34. The average molecular weight is 269 g/mol. The van der Waals surface area contributed by atoms with E-state index in [1.54, 1.807) is 0 Å². The van der Waals surface area contributed by atoms with Crippen LogP contribution in [0, 0.1) is 17.8 Å². The van der Waals surface area contributed by atoms with E-state index >= 15 is 0 Å². The fourth-order valence-electron chi connectivity index (χ4n) is 2.59. The molecule has 1 saturated carbocycles. The van der Waals surface area contributed by atoms with E-state index in [1.165, 1.54) is 0 Å². The summed E-state index contributed by atoms with van der Waals surface area (Å²) >= 11 is 0. The van der Waals surface area contributed by atoms with Gasteiger partial charge in [0.15, 0.2) is 0 Å². The fourth-order valence-corrected chi connectivity index (χ4v) is 2.59. The molecule has 1 rings (SSSR count). The van der Waals surface area contributed by atoms with Gasteiger partial charge < -0.3 is 10.1 Å². The van der Waals surface area contributed by atoms with Crippen molar-refractivity contribution in [2.24, 2.45) is 17.8 Å². The van der Waals surface area contributed by atoms with Gasteiger partial charge in [0.2, 0.25) is 0 Å². The highest BCUT2D eigenvalue weighted by molar-refractivity contribution is 5.80. The van der Waals surface area contributed by atoms with Crippen molar-refractivity contribution >= 4 is 11.9 Å². The maximum absolute atomic E-state index is 11.9. The first-order valence-electron chi connectivity index (χ1n) is 7.11. The van der Waals surface area contributed by atoms with Crippen LogP contribution in [-0.4, -0.2) is 23.5 Å². The van der Waals surface area contributed by atoms with Gasteiger partial charge >= 0.3 is 6.09 Å². The molecule has 4 atom stereocenters. The zero-order valence-electron chi connectivity index (χ0n) is 12.9. The molecule has 0 spiro atoms. The van der Waals surface area contributed by atoms with Gasteiger partial charge in [-0.25, -0.2) is 4.79 Å². The number of carbonyl (C=O) groups excluding carboxylic acids is 2. The molecule has 4 nitrogen and oxygen atoms in total. The molecular weight excluding hydrogens is 242 g/mol. The minimum atomic E-state index is -0.513. The van der Waals surface area contributed by atoms with Crippen molar-refractivity contribution in [1.82, 2.24) is 5.32 Å². The molecule has 1 N–H and O–H groups in total. The van der Waals surface area contributed by atoms with Crippen molar-refractivity contribution in [3.63, 3.8) is 0 Å². The normalized spacial score (nSPS) is 32.6. The Morgan fingerprint density at radius 1 is 1.16 bits per heavy atom. The maximum Gasteiger partial charge on any atom is 0.407 e. The van der Waals surface area contributed by atoms with Crippen molar-refractivity contribution in [3.05, 3.63) is 0 Å². The molecule has 1 aliphatic rings. The predicted octanol–water partition coefficient (Wildman–Crippen LogP) is 3.15. The molecule has 0 aromatic heterocycles. The Morgan fingerprint density at radius 2 is 1.74 bits per heavy atom. The van der Waals surface area contributed by atoms with Gasteiger partial charge in [-0.15, -0.1) is 0 Å². The second kappa shape index (κ2) is 5.93. The van der Waals surface area contributed by atoms with Crippen molar-refractivity contribution in [2.75, 3.05) is 0 Å². The smallest absolute Gasteiger partial charge is 0.407 e. The van der Waals surface area contributed by atoms with Crippen molar-refractivity contribution in [1.29, 1.82) is 0 Å². The molecule has 19 heavy (non-hydrogen) atoms. The minimum Gasteiger partial charge on any atom is -0.444 e. The molecule has 0 heterocycles. The number of hydrogen-bond acceptors (Lipinski definition) is 3. The zero-order chi connectivity index (χ0) is 14.8. The van der Waals surface area contributed by atoms with Crippen LogP contribution in [-0.2, 0) is 9.53 Å². The summed E-state index contributed by atoms with van der Waals surface area (Å²) in [6, 6.07) is -0.123. The summed E-state index contributed by atoms with van der Waals surface area (Å²) in [5.41, 5.74) is -0.513. The van der Waals surface area contributed by atoms with Gasteiger partial charge in [0.05, 0.1) is 0 Å². The Bertz CT molecular complexity index is 346. The lowest BCUT2D eigenvalue weighted by Crippen LogP contribution is -2.44. The van der Waals surface area contributed by atoms with E-state index in [0.29, 0.717) is 24.7 Å². The number of ether oxygens (including phenoxy) is 1. The number of Topliss-reactive ketones (excluding diaryl/α,β-unsaturated/α-hetero) is 1. The Kier molecular flexibility index (Phi) is 4.99. The summed E-state index contributed by atoms with van der Waals surface area (Å²) in [6.45, 7) is 11.9. The molecule has 0 aromatic rings. The van der Waals surface area contributed by atoms with Gasteiger partial charge in [-0.2, -0.15) is 0 Å². The largest absolute Gasteiger partial charge is 0.444 e. The van der Waals surface area contributed by atoms with Crippen LogP contribution in [0.2, 0.25) is 0 Å². The van der Waals surface area contributed by atoms with Gasteiger partial charge in [0.1, 0.15) is 11.4 Å². The SMILES string of the molecule is CC1CC(=O)CC(NC(=O)OC(C)(C)C)[C@H](C)[C@@H]1C. The van der Waals surface area contributed by atoms with Gasteiger partial charge in [0, 0.05) is 18.9 Å². The molecule has 2 unspecified atom stereocenters. The number of hydrogen-bond donors (Lipinski definition) is 1. The second-order valence-electron chi connectivity index (χ2n) is 6.90. The van der Waals surface area contributed by atoms with E-state index in [0.717, 1.165) is 0 Å². The molecule has 0 radical (unpaired) electrons. The number of amides is 1. The maximum atomic E-state index is 11.9. The Hall–Kier alpha value is -1.06. The van der Waals surface area contributed by atoms with E-state index in [9.17, 15) is 9.59 Å². The van der Waals surface area contributed by atoms with Gasteiger partial charge in [-0.1, -0.05) is 20.8 Å². The van der Waals surface area contributed by atoms with Crippen LogP contribution in [0.4, 0.5) is 4.79 Å². The summed E-state index contributed by atoms with van der Waals surface area (Å²) < 4.78 is 5.27. The Morgan fingerprint density at radius 3 is 2.26 bits per heavy atom.